The highest BCUT2D eigenvalue weighted by molar-refractivity contribution is 14.1. The summed E-state index contributed by atoms with van der Waals surface area (Å²) < 4.78 is 7.05. The lowest BCUT2D eigenvalue weighted by Gasteiger charge is -2.15. The molecule has 0 unspecified atom stereocenters. The molecule has 19 heavy (non-hydrogen) atoms. The summed E-state index contributed by atoms with van der Waals surface area (Å²) in [6, 6.07) is 7.89. The first kappa shape index (κ1) is 14.0. The largest absolute Gasteiger partial charge is 0.439 e. The Hall–Kier alpha value is -1.37. The van der Waals surface area contributed by atoms with Gasteiger partial charge in [-0.3, -0.25) is 0 Å². The number of ether oxygens (including phenoxy) is 1. The van der Waals surface area contributed by atoms with Gasteiger partial charge in [0, 0.05) is 10.6 Å². The molecule has 0 saturated carbocycles. The summed E-state index contributed by atoms with van der Waals surface area (Å²) in [5.74, 6) is 2.48. The number of nitrogens with zero attached hydrogens (tertiary/aromatic N) is 2. The molecule has 1 heterocycles. The number of hydrogen-bond acceptors (Lipinski definition) is 4. The summed E-state index contributed by atoms with van der Waals surface area (Å²) in [7, 11) is 1.85. The van der Waals surface area contributed by atoms with Crippen LogP contribution in [0.3, 0.4) is 0 Å². The Morgan fingerprint density at radius 3 is 2.42 bits per heavy atom. The predicted molar refractivity (Wildman–Crippen MR) is 84.9 cm³/mol. The minimum Gasteiger partial charge on any atom is -0.439 e. The number of nitrogens with one attached hydrogen (secondary N) is 1. The van der Waals surface area contributed by atoms with Crippen LogP contribution in [-0.2, 0) is 0 Å². The van der Waals surface area contributed by atoms with Crippen LogP contribution in [0, 0.1) is 3.57 Å². The molecule has 1 aromatic heterocycles. The quantitative estimate of drug-likeness (QED) is 0.827. The van der Waals surface area contributed by atoms with E-state index in [2.05, 4.69) is 51.7 Å². The van der Waals surface area contributed by atoms with Gasteiger partial charge >= 0.3 is 0 Å². The zero-order valence-corrected chi connectivity index (χ0v) is 13.3. The van der Waals surface area contributed by atoms with Gasteiger partial charge in [-0.1, -0.05) is 13.8 Å². The predicted octanol–water partition coefficient (Wildman–Crippen LogP) is 4.04. The number of aromatic nitrogens is 2. The lowest BCUT2D eigenvalue weighted by molar-refractivity contribution is 0.452. The second-order valence-corrected chi connectivity index (χ2v) is 5.65. The molecule has 0 aliphatic rings. The first-order valence-electron chi connectivity index (χ1n) is 6.08. The summed E-state index contributed by atoms with van der Waals surface area (Å²) >= 11 is 2.26. The van der Waals surface area contributed by atoms with Gasteiger partial charge < -0.3 is 10.1 Å². The maximum absolute atomic E-state index is 5.87. The van der Waals surface area contributed by atoms with Crippen molar-refractivity contribution in [2.45, 2.75) is 19.8 Å². The van der Waals surface area contributed by atoms with E-state index in [-0.39, 0.29) is 5.92 Å². The van der Waals surface area contributed by atoms with E-state index >= 15 is 0 Å². The molecule has 1 N–H and O–H groups in total. The number of benzene rings is 1. The van der Waals surface area contributed by atoms with Crippen LogP contribution in [0.15, 0.2) is 30.6 Å². The van der Waals surface area contributed by atoms with Crippen molar-refractivity contribution in [1.82, 2.24) is 9.97 Å². The van der Waals surface area contributed by atoms with Gasteiger partial charge in [-0.2, -0.15) is 0 Å². The molecule has 100 valence electrons. The fourth-order valence-electron chi connectivity index (χ4n) is 1.79. The molecule has 0 aliphatic carbocycles. The first-order valence-corrected chi connectivity index (χ1v) is 7.15. The smallest absolute Gasteiger partial charge is 0.227 e. The van der Waals surface area contributed by atoms with E-state index in [4.69, 9.17) is 4.74 Å². The van der Waals surface area contributed by atoms with Crippen LogP contribution in [0.5, 0.6) is 11.6 Å². The van der Waals surface area contributed by atoms with Gasteiger partial charge in [0.2, 0.25) is 5.88 Å². The van der Waals surface area contributed by atoms with Crippen molar-refractivity contribution in [3.8, 4) is 11.6 Å². The highest BCUT2D eigenvalue weighted by Gasteiger charge is 2.15. The van der Waals surface area contributed by atoms with Crippen molar-refractivity contribution in [3.05, 3.63) is 39.7 Å². The Labute approximate surface area is 126 Å². The molecule has 0 saturated heterocycles. The minimum atomic E-state index is 0.280. The standard InChI is InChI=1S/C14H16IN3O/c1-9(2)12-13(16-3)17-8-18-14(12)19-11-6-4-10(15)5-7-11/h4-9H,1-3H3,(H,16,17,18). The Bertz CT molecular complexity index is 555. The van der Waals surface area contributed by atoms with Crippen LogP contribution >= 0.6 is 22.6 Å². The van der Waals surface area contributed by atoms with Gasteiger partial charge in [0.15, 0.2) is 0 Å². The number of halogens is 1. The highest BCUT2D eigenvalue weighted by atomic mass is 127. The molecule has 2 rings (SSSR count). The fraction of sp³-hybridized carbons (Fsp3) is 0.286. The van der Waals surface area contributed by atoms with Crippen molar-refractivity contribution in [1.29, 1.82) is 0 Å². The van der Waals surface area contributed by atoms with Gasteiger partial charge in [0.05, 0.1) is 5.56 Å². The molecule has 0 atom stereocenters. The SMILES string of the molecule is CNc1ncnc(Oc2ccc(I)cc2)c1C(C)C. The lowest BCUT2D eigenvalue weighted by atomic mass is 10.1. The molecule has 1 aromatic carbocycles. The van der Waals surface area contributed by atoms with Gasteiger partial charge in [0.1, 0.15) is 17.9 Å². The van der Waals surface area contributed by atoms with Gasteiger partial charge in [-0.05, 0) is 52.8 Å². The Balaban J connectivity index is 2.36. The third-order valence-electron chi connectivity index (χ3n) is 2.69. The molecule has 0 spiro atoms. The second kappa shape index (κ2) is 6.18. The molecule has 4 nitrogen and oxygen atoms in total. The van der Waals surface area contributed by atoms with E-state index in [1.54, 1.807) is 0 Å². The molecule has 0 amide bonds. The number of rotatable bonds is 4. The zero-order valence-electron chi connectivity index (χ0n) is 11.1. The van der Waals surface area contributed by atoms with E-state index in [0.717, 1.165) is 17.1 Å². The van der Waals surface area contributed by atoms with Crippen molar-refractivity contribution in [3.63, 3.8) is 0 Å². The first-order chi connectivity index (χ1) is 9.11. The van der Waals surface area contributed by atoms with E-state index in [1.807, 2.05) is 31.3 Å². The summed E-state index contributed by atoms with van der Waals surface area (Å²) in [4.78, 5) is 8.48. The Kier molecular flexibility index (Phi) is 4.57. The van der Waals surface area contributed by atoms with Crippen LogP contribution in [0.2, 0.25) is 0 Å². The Morgan fingerprint density at radius 2 is 1.84 bits per heavy atom. The van der Waals surface area contributed by atoms with Crippen LogP contribution in [0.1, 0.15) is 25.3 Å². The van der Waals surface area contributed by atoms with Crippen LogP contribution in [-0.4, -0.2) is 17.0 Å². The Morgan fingerprint density at radius 1 is 1.16 bits per heavy atom. The van der Waals surface area contributed by atoms with E-state index in [1.165, 1.54) is 9.90 Å². The lowest BCUT2D eigenvalue weighted by Crippen LogP contribution is -2.04. The van der Waals surface area contributed by atoms with Gasteiger partial charge in [-0.15, -0.1) is 0 Å². The normalized spacial score (nSPS) is 10.6. The fourth-order valence-corrected chi connectivity index (χ4v) is 2.15. The minimum absolute atomic E-state index is 0.280. The topological polar surface area (TPSA) is 47.0 Å². The molecule has 0 radical (unpaired) electrons. The molecule has 0 bridgehead atoms. The van der Waals surface area contributed by atoms with Crippen molar-refractivity contribution < 1.29 is 4.74 Å². The third-order valence-corrected chi connectivity index (χ3v) is 3.41. The van der Waals surface area contributed by atoms with E-state index < -0.39 is 0 Å². The zero-order chi connectivity index (χ0) is 13.8. The summed E-state index contributed by atoms with van der Waals surface area (Å²) in [5.41, 5.74) is 0.989. The van der Waals surface area contributed by atoms with Crippen molar-refractivity contribution >= 4 is 28.4 Å². The van der Waals surface area contributed by atoms with Crippen molar-refractivity contribution in [2.24, 2.45) is 0 Å². The molecular formula is C14H16IN3O. The molecule has 5 heteroatoms. The average Bonchev–Trinajstić information content (AvgIpc) is 2.40. The molecule has 0 fully saturated rings. The maximum atomic E-state index is 5.87. The molecular weight excluding hydrogens is 353 g/mol. The van der Waals surface area contributed by atoms with Crippen LogP contribution in [0.25, 0.3) is 0 Å². The maximum Gasteiger partial charge on any atom is 0.227 e. The van der Waals surface area contributed by atoms with Gasteiger partial charge in [-0.25, -0.2) is 9.97 Å². The summed E-state index contributed by atoms with van der Waals surface area (Å²) in [5, 5.41) is 3.08. The number of hydrogen-bond donors (Lipinski definition) is 1. The monoisotopic (exact) mass is 369 g/mol. The van der Waals surface area contributed by atoms with Crippen LogP contribution < -0.4 is 10.1 Å². The van der Waals surface area contributed by atoms with E-state index in [9.17, 15) is 0 Å². The van der Waals surface area contributed by atoms with Crippen LogP contribution in [0.4, 0.5) is 5.82 Å². The van der Waals surface area contributed by atoms with Crippen molar-refractivity contribution in [2.75, 3.05) is 12.4 Å². The third kappa shape index (κ3) is 3.34. The van der Waals surface area contributed by atoms with Gasteiger partial charge in [0.25, 0.3) is 0 Å². The summed E-state index contributed by atoms with van der Waals surface area (Å²) in [6.07, 6.45) is 1.51. The second-order valence-electron chi connectivity index (χ2n) is 4.40. The summed E-state index contributed by atoms with van der Waals surface area (Å²) in [6.45, 7) is 4.20. The highest BCUT2D eigenvalue weighted by Crippen LogP contribution is 2.32. The average molecular weight is 369 g/mol. The molecule has 0 aliphatic heterocycles. The van der Waals surface area contributed by atoms with E-state index in [0.29, 0.717) is 5.88 Å². The number of anilines is 1. The molecule has 2 aromatic rings.